The van der Waals surface area contributed by atoms with Crippen molar-refractivity contribution in [1.82, 2.24) is 5.32 Å². The first-order valence-corrected chi connectivity index (χ1v) is 6.04. The Balaban J connectivity index is 2.80. The number of nitro groups is 1. The van der Waals surface area contributed by atoms with Crippen molar-refractivity contribution in [3.8, 4) is 0 Å². The molecule has 0 aromatic heterocycles. The van der Waals surface area contributed by atoms with Crippen molar-refractivity contribution in [1.29, 1.82) is 0 Å². The Labute approximate surface area is 115 Å². The van der Waals surface area contributed by atoms with E-state index in [-0.39, 0.29) is 35.8 Å². The van der Waals surface area contributed by atoms with E-state index in [0.717, 1.165) is 0 Å². The largest absolute Gasteiger partial charge is 0.379 e. The molecule has 20 heavy (non-hydrogen) atoms. The minimum atomic E-state index is -0.674. The lowest BCUT2D eigenvalue weighted by Gasteiger charge is -2.08. The third-order valence-corrected chi connectivity index (χ3v) is 2.52. The molecule has 0 bridgehead atoms. The maximum Gasteiger partial charge on any atom is 0.292 e. The third-order valence-electron chi connectivity index (χ3n) is 2.52. The second-order valence-electron chi connectivity index (χ2n) is 3.98. The van der Waals surface area contributed by atoms with Crippen LogP contribution in [0.5, 0.6) is 0 Å². The topological polar surface area (TPSA) is 127 Å². The van der Waals surface area contributed by atoms with Crippen LogP contribution in [0.3, 0.4) is 0 Å². The van der Waals surface area contributed by atoms with Crippen LogP contribution in [-0.4, -0.2) is 29.8 Å². The number of nitrogens with two attached hydrogens (primary N) is 1. The summed E-state index contributed by atoms with van der Waals surface area (Å²) in [5, 5.41) is 16.3. The predicted molar refractivity (Wildman–Crippen MR) is 73.4 cm³/mol. The number of rotatable bonds is 7. The highest BCUT2D eigenvalue weighted by atomic mass is 16.6. The Bertz CT molecular complexity index is 530. The van der Waals surface area contributed by atoms with Crippen molar-refractivity contribution in [3.05, 3.63) is 33.9 Å². The maximum atomic E-state index is 11.3. The molecular weight excluding hydrogens is 264 g/mol. The van der Waals surface area contributed by atoms with E-state index < -0.39 is 10.8 Å². The molecule has 0 fully saturated rings. The number of nitro benzene ring substituents is 1. The number of primary amides is 1. The zero-order valence-electron chi connectivity index (χ0n) is 11.0. The molecule has 8 heteroatoms. The van der Waals surface area contributed by atoms with E-state index in [1.165, 1.54) is 18.2 Å². The van der Waals surface area contributed by atoms with Gasteiger partial charge in [-0.2, -0.15) is 0 Å². The molecule has 0 unspecified atom stereocenters. The monoisotopic (exact) mass is 280 g/mol. The van der Waals surface area contributed by atoms with Gasteiger partial charge in [-0.1, -0.05) is 0 Å². The van der Waals surface area contributed by atoms with E-state index in [1.54, 1.807) is 6.92 Å². The van der Waals surface area contributed by atoms with Gasteiger partial charge in [0.05, 0.1) is 4.92 Å². The lowest BCUT2D eigenvalue weighted by Crippen LogP contribution is -2.24. The Morgan fingerprint density at radius 2 is 2.10 bits per heavy atom. The van der Waals surface area contributed by atoms with Gasteiger partial charge in [0.15, 0.2) is 0 Å². The number of carbonyl (C=O) groups is 2. The molecule has 1 aromatic rings. The number of nitrogens with one attached hydrogen (secondary N) is 2. The molecule has 0 saturated heterocycles. The summed E-state index contributed by atoms with van der Waals surface area (Å²) in [4.78, 5) is 32.6. The lowest BCUT2D eigenvalue weighted by molar-refractivity contribution is -0.384. The highest BCUT2D eigenvalue weighted by molar-refractivity contribution is 5.94. The molecule has 0 spiro atoms. The van der Waals surface area contributed by atoms with Crippen LogP contribution in [0.15, 0.2) is 18.2 Å². The highest BCUT2D eigenvalue weighted by Crippen LogP contribution is 2.25. The number of nitrogens with zero attached hydrogens (tertiary/aromatic N) is 1. The Morgan fingerprint density at radius 3 is 2.65 bits per heavy atom. The van der Waals surface area contributed by atoms with Gasteiger partial charge in [-0.05, 0) is 19.1 Å². The SMILES string of the molecule is CCNC(=O)CCNc1cc(C(N)=O)ccc1[N+](=O)[O-]. The van der Waals surface area contributed by atoms with Crippen LogP contribution in [0.25, 0.3) is 0 Å². The Morgan fingerprint density at radius 1 is 1.40 bits per heavy atom. The molecule has 8 nitrogen and oxygen atoms in total. The van der Waals surface area contributed by atoms with Gasteiger partial charge in [-0.3, -0.25) is 19.7 Å². The smallest absolute Gasteiger partial charge is 0.292 e. The van der Waals surface area contributed by atoms with E-state index in [4.69, 9.17) is 5.73 Å². The van der Waals surface area contributed by atoms with Gasteiger partial charge in [0.2, 0.25) is 11.8 Å². The Kier molecular flexibility index (Phi) is 5.45. The third kappa shape index (κ3) is 4.23. The van der Waals surface area contributed by atoms with E-state index in [2.05, 4.69) is 10.6 Å². The van der Waals surface area contributed by atoms with Crippen LogP contribution in [0, 0.1) is 10.1 Å². The quantitative estimate of drug-likeness (QED) is 0.498. The van der Waals surface area contributed by atoms with Gasteiger partial charge in [-0.15, -0.1) is 0 Å². The number of hydrogen-bond acceptors (Lipinski definition) is 5. The minimum absolute atomic E-state index is 0.159. The molecule has 0 aliphatic rings. The van der Waals surface area contributed by atoms with Gasteiger partial charge in [0.1, 0.15) is 5.69 Å². The van der Waals surface area contributed by atoms with Crippen LogP contribution < -0.4 is 16.4 Å². The van der Waals surface area contributed by atoms with Gasteiger partial charge in [0, 0.05) is 31.1 Å². The van der Waals surface area contributed by atoms with Crippen molar-refractivity contribution >= 4 is 23.2 Å². The maximum absolute atomic E-state index is 11.3. The Hall–Kier alpha value is -2.64. The molecule has 1 aromatic carbocycles. The molecule has 108 valence electrons. The molecule has 0 heterocycles. The summed E-state index contributed by atoms with van der Waals surface area (Å²) in [5.41, 5.74) is 5.28. The van der Waals surface area contributed by atoms with Gasteiger partial charge in [-0.25, -0.2) is 0 Å². The van der Waals surface area contributed by atoms with Crippen molar-refractivity contribution in [3.63, 3.8) is 0 Å². The van der Waals surface area contributed by atoms with Crippen LogP contribution in [0.2, 0.25) is 0 Å². The second-order valence-corrected chi connectivity index (χ2v) is 3.98. The van der Waals surface area contributed by atoms with Crippen LogP contribution in [-0.2, 0) is 4.79 Å². The fraction of sp³-hybridized carbons (Fsp3) is 0.333. The summed E-state index contributed by atoms with van der Waals surface area (Å²) in [6.45, 7) is 2.54. The fourth-order valence-corrected chi connectivity index (χ4v) is 1.59. The first-order valence-electron chi connectivity index (χ1n) is 6.04. The van der Waals surface area contributed by atoms with Crippen LogP contribution in [0.4, 0.5) is 11.4 Å². The molecular formula is C12H16N4O4. The summed E-state index contributed by atoms with van der Waals surface area (Å²) in [6.07, 6.45) is 0.172. The van der Waals surface area contributed by atoms with Crippen molar-refractivity contribution in [2.45, 2.75) is 13.3 Å². The first kappa shape index (κ1) is 15.4. The van der Waals surface area contributed by atoms with E-state index in [9.17, 15) is 19.7 Å². The van der Waals surface area contributed by atoms with Crippen molar-refractivity contribution < 1.29 is 14.5 Å². The zero-order chi connectivity index (χ0) is 15.1. The minimum Gasteiger partial charge on any atom is -0.379 e. The molecule has 0 radical (unpaired) electrons. The number of amides is 2. The van der Waals surface area contributed by atoms with Crippen LogP contribution >= 0.6 is 0 Å². The molecule has 2 amide bonds. The number of anilines is 1. The first-order chi connectivity index (χ1) is 9.45. The summed E-state index contributed by atoms with van der Waals surface area (Å²) >= 11 is 0. The van der Waals surface area contributed by atoms with E-state index in [1.807, 2.05) is 0 Å². The van der Waals surface area contributed by atoms with E-state index >= 15 is 0 Å². The summed E-state index contributed by atoms with van der Waals surface area (Å²) in [6, 6.07) is 3.79. The normalized spacial score (nSPS) is 9.85. The van der Waals surface area contributed by atoms with Gasteiger partial charge < -0.3 is 16.4 Å². The van der Waals surface area contributed by atoms with E-state index in [0.29, 0.717) is 6.54 Å². The van der Waals surface area contributed by atoms with Crippen LogP contribution in [0.1, 0.15) is 23.7 Å². The van der Waals surface area contributed by atoms with Crippen molar-refractivity contribution in [2.24, 2.45) is 5.73 Å². The second kappa shape index (κ2) is 7.07. The lowest BCUT2D eigenvalue weighted by atomic mass is 10.1. The molecule has 0 atom stereocenters. The average Bonchev–Trinajstić information content (AvgIpc) is 2.38. The highest BCUT2D eigenvalue weighted by Gasteiger charge is 2.15. The summed E-state index contributed by atoms with van der Waals surface area (Å²) < 4.78 is 0. The predicted octanol–water partition coefficient (Wildman–Crippen LogP) is 0.632. The summed E-state index contributed by atoms with van der Waals surface area (Å²) in [5.74, 6) is -0.833. The number of benzene rings is 1. The summed E-state index contributed by atoms with van der Waals surface area (Å²) in [7, 11) is 0. The molecule has 0 aliphatic carbocycles. The van der Waals surface area contributed by atoms with Crippen molar-refractivity contribution in [2.75, 3.05) is 18.4 Å². The molecule has 4 N–H and O–H groups in total. The molecule has 0 aliphatic heterocycles. The van der Waals surface area contributed by atoms with Gasteiger partial charge >= 0.3 is 0 Å². The van der Waals surface area contributed by atoms with Gasteiger partial charge in [0.25, 0.3) is 5.69 Å². The molecule has 0 saturated carbocycles. The fourth-order valence-electron chi connectivity index (χ4n) is 1.59. The number of hydrogen-bond donors (Lipinski definition) is 3. The number of carbonyl (C=O) groups excluding carboxylic acids is 2. The standard InChI is InChI=1S/C12H16N4O4/c1-2-14-11(17)5-6-15-9-7-8(12(13)18)3-4-10(9)16(19)20/h3-4,7,15H,2,5-6H2,1H3,(H2,13,18)(H,14,17). The molecule has 1 rings (SSSR count). The average molecular weight is 280 g/mol. The zero-order valence-corrected chi connectivity index (χ0v) is 11.0.